The highest BCUT2D eigenvalue weighted by atomic mass is 35.5. The average Bonchev–Trinajstić information content (AvgIpc) is 2.06. The lowest BCUT2D eigenvalue weighted by atomic mass is 9.80. The number of aryl methyl sites for hydroxylation is 1. The van der Waals surface area contributed by atoms with E-state index in [0.717, 1.165) is 29.0 Å². The topological polar surface area (TPSA) is 17.1 Å². The Hall–Kier alpha value is -0.820. The molecule has 0 heterocycles. The first-order chi connectivity index (χ1) is 6.68. The number of carbonyl (C=O) groups excluding carboxylic acids is 1. The second-order valence-electron chi connectivity index (χ2n) is 3.96. The van der Waals surface area contributed by atoms with E-state index < -0.39 is 0 Å². The summed E-state index contributed by atoms with van der Waals surface area (Å²) in [6, 6.07) is 5.53. The maximum Gasteiger partial charge on any atom is 0.165 e. The number of carbonyl (C=O) groups is 1. The van der Waals surface area contributed by atoms with Crippen LogP contribution in [0, 0.1) is 12.8 Å². The molecule has 1 aromatic carbocycles. The molecule has 0 aromatic heterocycles. The lowest BCUT2D eigenvalue weighted by Crippen LogP contribution is -2.21. The Labute approximate surface area is 89.1 Å². The van der Waals surface area contributed by atoms with E-state index in [1.54, 1.807) is 0 Å². The smallest absolute Gasteiger partial charge is 0.165 e. The summed E-state index contributed by atoms with van der Waals surface area (Å²) in [6.45, 7) is 1.93. The van der Waals surface area contributed by atoms with Crippen LogP contribution in [0.4, 0.5) is 0 Å². The summed E-state index contributed by atoms with van der Waals surface area (Å²) in [5, 5.41) is 0.732. The predicted octanol–water partition coefficient (Wildman–Crippen LogP) is 3.63. The first-order valence-corrected chi connectivity index (χ1v) is 5.36. The van der Waals surface area contributed by atoms with Crippen LogP contribution in [0.15, 0.2) is 18.2 Å². The van der Waals surface area contributed by atoms with Gasteiger partial charge in [-0.05, 0) is 43.5 Å². The maximum atomic E-state index is 11.8. The van der Waals surface area contributed by atoms with Gasteiger partial charge in [0.15, 0.2) is 5.78 Å². The highest BCUT2D eigenvalue weighted by Crippen LogP contribution is 2.30. The van der Waals surface area contributed by atoms with Gasteiger partial charge in [-0.1, -0.05) is 18.0 Å². The Balaban J connectivity index is 2.23. The van der Waals surface area contributed by atoms with Gasteiger partial charge in [-0.2, -0.15) is 0 Å². The first-order valence-electron chi connectivity index (χ1n) is 4.99. The highest BCUT2D eigenvalue weighted by Gasteiger charge is 2.26. The van der Waals surface area contributed by atoms with Crippen molar-refractivity contribution in [3.05, 3.63) is 34.3 Å². The zero-order chi connectivity index (χ0) is 10.1. The van der Waals surface area contributed by atoms with Crippen molar-refractivity contribution >= 4 is 17.4 Å². The van der Waals surface area contributed by atoms with Crippen molar-refractivity contribution in [2.45, 2.75) is 26.2 Å². The van der Waals surface area contributed by atoms with Crippen LogP contribution < -0.4 is 0 Å². The molecule has 0 unspecified atom stereocenters. The van der Waals surface area contributed by atoms with Crippen molar-refractivity contribution in [1.29, 1.82) is 0 Å². The molecule has 0 atom stereocenters. The van der Waals surface area contributed by atoms with Gasteiger partial charge in [-0.15, -0.1) is 0 Å². The van der Waals surface area contributed by atoms with Crippen LogP contribution in [0.25, 0.3) is 0 Å². The second-order valence-corrected chi connectivity index (χ2v) is 4.36. The van der Waals surface area contributed by atoms with Crippen molar-refractivity contribution in [1.82, 2.24) is 0 Å². The van der Waals surface area contributed by atoms with E-state index in [9.17, 15) is 4.79 Å². The van der Waals surface area contributed by atoms with Crippen molar-refractivity contribution in [3.8, 4) is 0 Å². The van der Waals surface area contributed by atoms with Crippen LogP contribution in [-0.4, -0.2) is 5.78 Å². The maximum absolute atomic E-state index is 11.8. The Morgan fingerprint density at radius 1 is 1.43 bits per heavy atom. The molecule has 0 bridgehead atoms. The third kappa shape index (κ3) is 1.69. The molecule has 1 fully saturated rings. The zero-order valence-electron chi connectivity index (χ0n) is 8.22. The molecule has 1 aromatic rings. The van der Waals surface area contributed by atoms with Gasteiger partial charge in [-0.25, -0.2) is 0 Å². The fraction of sp³-hybridized carbons (Fsp3) is 0.417. The van der Waals surface area contributed by atoms with E-state index in [2.05, 4.69) is 0 Å². The summed E-state index contributed by atoms with van der Waals surface area (Å²) >= 11 is 5.90. The predicted molar refractivity (Wildman–Crippen MR) is 57.9 cm³/mol. The fourth-order valence-electron chi connectivity index (χ4n) is 1.70. The third-order valence-corrected chi connectivity index (χ3v) is 3.34. The Bertz CT molecular complexity index is 367. The Morgan fingerprint density at radius 3 is 2.64 bits per heavy atom. The molecule has 14 heavy (non-hydrogen) atoms. The van der Waals surface area contributed by atoms with E-state index in [1.807, 2.05) is 25.1 Å². The molecule has 0 saturated heterocycles. The molecule has 1 aliphatic rings. The SMILES string of the molecule is Cc1cc(C(=O)C2CCC2)ccc1Cl. The summed E-state index contributed by atoms with van der Waals surface area (Å²) in [6.07, 6.45) is 3.31. The molecule has 2 heteroatoms. The molecule has 0 N–H and O–H groups in total. The highest BCUT2D eigenvalue weighted by molar-refractivity contribution is 6.31. The number of Topliss-reactive ketones (excluding diaryl/α,β-unsaturated/α-hetero) is 1. The number of halogens is 1. The molecule has 2 rings (SSSR count). The lowest BCUT2D eigenvalue weighted by Gasteiger charge is -2.23. The van der Waals surface area contributed by atoms with Crippen molar-refractivity contribution < 1.29 is 4.79 Å². The van der Waals surface area contributed by atoms with Crippen LogP contribution in [-0.2, 0) is 0 Å². The van der Waals surface area contributed by atoms with E-state index in [0.29, 0.717) is 0 Å². The minimum atomic E-state index is 0.274. The molecular weight excluding hydrogens is 196 g/mol. The van der Waals surface area contributed by atoms with Gasteiger partial charge < -0.3 is 0 Å². The monoisotopic (exact) mass is 208 g/mol. The standard InChI is InChI=1S/C12H13ClO/c1-8-7-10(5-6-11(8)13)12(14)9-3-2-4-9/h5-7,9H,2-4H2,1H3. The van der Waals surface area contributed by atoms with Gasteiger partial charge in [0, 0.05) is 16.5 Å². The number of hydrogen-bond donors (Lipinski definition) is 0. The molecule has 0 spiro atoms. The van der Waals surface area contributed by atoms with Crippen molar-refractivity contribution in [2.24, 2.45) is 5.92 Å². The molecular formula is C12H13ClO. The molecule has 1 nitrogen and oxygen atoms in total. The molecule has 0 radical (unpaired) electrons. The third-order valence-electron chi connectivity index (χ3n) is 2.92. The summed E-state index contributed by atoms with van der Waals surface area (Å²) in [5.74, 6) is 0.562. The van der Waals surface area contributed by atoms with E-state index in [1.165, 1.54) is 6.42 Å². The van der Waals surface area contributed by atoms with Crippen molar-refractivity contribution in [3.63, 3.8) is 0 Å². The summed E-state index contributed by atoms with van der Waals surface area (Å²) < 4.78 is 0. The fourth-order valence-corrected chi connectivity index (χ4v) is 1.82. The minimum absolute atomic E-state index is 0.274. The van der Waals surface area contributed by atoms with E-state index in [-0.39, 0.29) is 11.7 Å². The molecule has 1 saturated carbocycles. The summed E-state index contributed by atoms with van der Waals surface area (Å²) in [7, 11) is 0. The van der Waals surface area contributed by atoms with E-state index >= 15 is 0 Å². The van der Waals surface area contributed by atoms with Gasteiger partial charge in [-0.3, -0.25) is 4.79 Å². The van der Waals surface area contributed by atoms with Gasteiger partial charge in [0.2, 0.25) is 0 Å². The quantitative estimate of drug-likeness (QED) is 0.679. The number of ketones is 1. The van der Waals surface area contributed by atoms with Crippen LogP contribution in [0.2, 0.25) is 5.02 Å². The average molecular weight is 209 g/mol. The van der Waals surface area contributed by atoms with Gasteiger partial charge in [0.05, 0.1) is 0 Å². The molecule has 74 valence electrons. The largest absolute Gasteiger partial charge is 0.294 e. The normalized spacial score (nSPS) is 16.4. The van der Waals surface area contributed by atoms with Crippen LogP contribution in [0.1, 0.15) is 35.2 Å². The summed E-state index contributed by atoms with van der Waals surface area (Å²) in [5.41, 5.74) is 1.80. The summed E-state index contributed by atoms with van der Waals surface area (Å²) in [4.78, 5) is 11.8. The van der Waals surface area contributed by atoms with Crippen LogP contribution >= 0.6 is 11.6 Å². The first kappa shape index (κ1) is 9.72. The lowest BCUT2D eigenvalue weighted by molar-refractivity contribution is 0.0855. The number of hydrogen-bond acceptors (Lipinski definition) is 1. The van der Waals surface area contributed by atoms with Crippen molar-refractivity contribution in [2.75, 3.05) is 0 Å². The van der Waals surface area contributed by atoms with E-state index in [4.69, 9.17) is 11.6 Å². The second kappa shape index (κ2) is 3.74. The van der Waals surface area contributed by atoms with Gasteiger partial charge >= 0.3 is 0 Å². The molecule has 0 aliphatic heterocycles. The minimum Gasteiger partial charge on any atom is -0.294 e. The number of benzene rings is 1. The van der Waals surface area contributed by atoms with Crippen LogP contribution in [0.3, 0.4) is 0 Å². The number of rotatable bonds is 2. The Morgan fingerprint density at radius 2 is 2.14 bits per heavy atom. The molecule has 1 aliphatic carbocycles. The van der Waals surface area contributed by atoms with Gasteiger partial charge in [0.25, 0.3) is 0 Å². The van der Waals surface area contributed by atoms with Gasteiger partial charge in [0.1, 0.15) is 0 Å². The zero-order valence-corrected chi connectivity index (χ0v) is 8.97. The Kier molecular flexibility index (Phi) is 2.60. The molecule has 0 amide bonds. The van der Waals surface area contributed by atoms with Crippen LogP contribution in [0.5, 0.6) is 0 Å².